The molecule has 0 amide bonds. The Hall–Kier alpha value is -0.478. The molecule has 0 aromatic carbocycles. The molecule has 3 fully saturated rings. The standard InChI is InChI=1S/C37H67NO13.Al.ClH.3H/c1-14-25-37(10,45)30(41)20(4)27(39)18(2)16-35(8,44)32(51-34-28(40)24(38(11)12)15-19(3)47-34)21(5)29(22(6)33(43)49-25)50-26-17-36(9,46-13)31(42)23(7)48-26;;;;;/h18-26,28-32,34,40-42,44-45H,14-17H2,1-13H3;;1H;;;/t18-,19-,20+,21+,22-,23+,24+,25-,26+,28-,29+,30-,31+,32-,34+,35-,36-,37-;;;;;/m1...../s1. The zero-order valence-electron chi connectivity index (χ0n) is 33.3. The third-order valence-corrected chi connectivity index (χ3v) is 11.8. The highest BCUT2D eigenvalue weighted by atomic mass is 35.5. The normalized spacial score (nSPS) is 47.9. The Morgan fingerprint density at radius 2 is 1.47 bits per heavy atom. The van der Waals surface area contributed by atoms with Crippen LogP contribution in [0.1, 0.15) is 94.9 Å². The number of nitrogens with zero attached hydrogens (tertiary/aromatic N) is 1. The second-order valence-corrected chi connectivity index (χ2v) is 16.5. The van der Waals surface area contributed by atoms with Crippen molar-refractivity contribution in [3.8, 4) is 0 Å². The van der Waals surface area contributed by atoms with Crippen molar-refractivity contribution in [3.63, 3.8) is 0 Å². The van der Waals surface area contributed by atoms with Gasteiger partial charge in [0, 0.05) is 37.3 Å². The van der Waals surface area contributed by atoms with Gasteiger partial charge in [0.05, 0.1) is 47.6 Å². The summed E-state index contributed by atoms with van der Waals surface area (Å²) >= 11 is 0. The number of carbonyl (C=O) groups excluding carboxylic acids is 2. The molecule has 0 unspecified atom stereocenters. The van der Waals surface area contributed by atoms with Gasteiger partial charge in [-0.1, -0.05) is 27.7 Å². The first kappa shape index (κ1) is 50.5. The van der Waals surface area contributed by atoms with Crippen LogP contribution in [0, 0.1) is 23.7 Å². The number of aliphatic hydroxyl groups is 5. The number of carbonyl (C=O) groups is 2. The van der Waals surface area contributed by atoms with Gasteiger partial charge in [-0.3, -0.25) is 9.59 Å². The van der Waals surface area contributed by atoms with Crippen molar-refractivity contribution in [2.45, 2.75) is 179 Å². The van der Waals surface area contributed by atoms with E-state index in [-0.39, 0.29) is 61.2 Å². The van der Waals surface area contributed by atoms with Crippen molar-refractivity contribution in [2.75, 3.05) is 21.2 Å². The van der Waals surface area contributed by atoms with Gasteiger partial charge in [0.1, 0.15) is 29.7 Å². The van der Waals surface area contributed by atoms with E-state index in [2.05, 4.69) is 0 Å². The van der Waals surface area contributed by atoms with E-state index in [4.69, 9.17) is 28.4 Å². The summed E-state index contributed by atoms with van der Waals surface area (Å²) in [5.74, 6) is -4.98. The smallest absolute Gasteiger partial charge is 0.311 e. The van der Waals surface area contributed by atoms with E-state index in [0.717, 1.165) is 0 Å². The highest BCUT2D eigenvalue weighted by Crippen LogP contribution is 2.40. The predicted octanol–water partition coefficient (Wildman–Crippen LogP) is 1.02. The number of halogens is 1. The van der Waals surface area contributed by atoms with E-state index < -0.39 is 108 Å². The van der Waals surface area contributed by atoms with Crippen molar-refractivity contribution >= 4 is 41.5 Å². The molecule has 3 heterocycles. The van der Waals surface area contributed by atoms with Crippen LogP contribution in [0.4, 0.5) is 0 Å². The Balaban J connectivity index is 0.00000702. The van der Waals surface area contributed by atoms with Crippen molar-refractivity contribution in [1.29, 1.82) is 0 Å². The fraction of sp³-hybridized carbons (Fsp3) is 0.946. The first-order valence-electron chi connectivity index (χ1n) is 18.5. The third-order valence-electron chi connectivity index (χ3n) is 11.8. The number of methoxy groups -OCH3 is 1. The van der Waals surface area contributed by atoms with Gasteiger partial charge in [0.15, 0.2) is 29.9 Å². The van der Waals surface area contributed by atoms with Crippen molar-refractivity contribution in [2.24, 2.45) is 23.7 Å². The number of hydrogen-bond acceptors (Lipinski definition) is 14. The van der Waals surface area contributed by atoms with Crippen LogP contribution in [0.25, 0.3) is 0 Å². The van der Waals surface area contributed by atoms with Crippen LogP contribution in [0.5, 0.6) is 0 Å². The van der Waals surface area contributed by atoms with Gasteiger partial charge in [-0.2, -0.15) is 0 Å². The number of likely N-dealkylation sites (N-methyl/N-ethyl adjacent to an activating group) is 1. The number of Topliss-reactive ketones (excluding diaryl/α,β-unsaturated/α-hetero) is 1. The number of ketones is 1. The SMILES string of the molecule is CC[C@H]1OC(=O)[C@H](C)[C@@H](O[C@H]2C[C@@](C)(OC)[C@@H](O)[C@H](C)O2)[C@H](C)[C@@H](O[C@@H]2O[C@H](C)C[C@H](N(C)C)[C@H]2O)[C@](C)(O)C[C@@H](C)C(=O)[C@H](C)[C@@H](O)[C@]1(C)O.Cl.[AlH3]. The Morgan fingerprint density at radius 1 is 0.887 bits per heavy atom. The molecule has 3 aliphatic rings. The van der Waals surface area contributed by atoms with E-state index in [1.807, 2.05) is 25.9 Å². The minimum absolute atomic E-state index is 0. The average molecular weight is 800 g/mol. The molecule has 0 aromatic heterocycles. The van der Waals surface area contributed by atoms with Crippen LogP contribution in [0.2, 0.25) is 0 Å². The topological polar surface area (TPSA) is 194 Å². The molecule has 3 saturated heterocycles. The minimum atomic E-state index is -1.99. The van der Waals surface area contributed by atoms with Gasteiger partial charge in [0.25, 0.3) is 0 Å². The fourth-order valence-corrected chi connectivity index (χ4v) is 8.41. The number of cyclic esters (lactones) is 1. The minimum Gasteiger partial charge on any atom is -0.459 e. The number of hydrogen-bond donors (Lipinski definition) is 5. The average Bonchev–Trinajstić information content (AvgIpc) is 3.05. The van der Waals surface area contributed by atoms with E-state index >= 15 is 0 Å². The van der Waals surface area contributed by atoms with Crippen LogP contribution < -0.4 is 0 Å². The first-order chi connectivity index (χ1) is 23.4. The monoisotopic (exact) mass is 799 g/mol. The molecule has 0 bridgehead atoms. The lowest BCUT2D eigenvalue weighted by atomic mass is 9.74. The van der Waals surface area contributed by atoms with Crippen molar-refractivity contribution < 1.29 is 63.5 Å². The molecule has 18 atom stereocenters. The largest absolute Gasteiger partial charge is 0.459 e. The van der Waals surface area contributed by atoms with Gasteiger partial charge < -0.3 is 58.9 Å². The second kappa shape index (κ2) is 19.8. The number of rotatable bonds is 7. The summed E-state index contributed by atoms with van der Waals surface area (Å²) in [6, 6.07) is -0.324. The molecule has 0 aromatic rings. The van der Waals surface area contributed by atoms with Crippen molar-refractivity contribution in [1.82, 2.24) is 4.90 Å². The Kier molecular flexibility index (Phi) is 18.9. The molecule has 0 radical (unpaired) electrons. The summed E-state index contributed by atoms with van der Waals surface area (Å²) in [5, 5.41) is 57.6. The molecule has 0 aliphatic carbocycles. The summed E-state index contributed by atoms with van der Waals surface area (Å²) in [7, 11) is 5.18. The van der Waals surface area contributed by atoms with Gasteiger partial charge in [-0.15, -0.1) is 12.4 Å². The lowest BCUT2D eigenvalue weighted by Gasteiger charge is -2.49. The first-order valence-corrected chi connectivity index (χ1v) is 18.5. The number of aliphatic hydroxyl groups excluding tert-OH is 3. The second-order valence-electron chi connectivity index (χ2n) is 16.5. The van der Waals surface area contributed by atoms with Gasteiger partial charge in [-0.05, 0) is 74.9 Å². The zero-order valence-corrected chi connectivity index (χ0v) is 34.2. The van der Waals surface area contributed by atoms with Crippen LogP contribution in [0.3, 0.4) is 0 Å². The van der Waals surface area contributed by atoms with E-state index in [0.29, 0.717) is 6.42 Å². The molecule has 3 aliphatic heterocycles. The lowest BCUT2D eigenvalue weighted by Crippen LogP contribution is -2.61. The number of ether oxygens (including phenoxy) is 6. The summed E-state index contributed by atoms with van der Waals surface area (Å²) in [6.45, 7) is 16.3. The van der Waals surface area contributed by atoms with Crippen LogP contribution in [-0.4, -0.2) is 165 Å². The van der Waals surface area contributed by atoms with E-state index in [1.165, 1.54) is 27.9 Å². The molecule has 3 rings (SSSR count). The Labute approximate surface area is 333 Å². The van der Waals surface area contributed by atoms with Gasteiger partial charge in [-0.25, -0.2) is 0 Å². The highest BCUT2D eigenvalue weighted by Gasteiger charge is 2.53. The maximum Gasteiger partial charge on any atom is 0.311 e. The zero-order chi connectivity index (χ0) is 39.0. The number of esters is 1. The molecule has 53 heavy (non-hydrogen) atoms. The highest BCUT2D eigenvalue weighted by molar-refractivity contribution is 5.85. The molecular formula is C37H71AlClNO13. The summed E-state index contributed by atoms with van der Waals surface area (Å²) < 4.78 is 37.1. The van der Waals surface area contributed by atoms with Crippen molar-refractivity contribution in [3.05, 3.63) is 0 Å². The maximum atomic E-state index is 14.1. The maximum absolute atomic E-state index is 14.1. The van der Waals surface area contributed by atoms with Crippen LogP contribution in [-0.2, 0) is 38.0 Å². The Morgan fingerprint density at radius 3 is 2.00 bits per heavy atom. The molecule has 312 valence electrons. The van der Waals surface area contributed by atoms with E-state index in [9.17, 15) is 35.1 Å². The fourth-order valence-electron chi connectivity index (χ4n) is 8.41. The molecule has 5 N–H and O–H groups in total. The van der Waals surface area contributed by atoms with Crippen LogP contribution >= 0.6 is 12.4 Å². The molecule has 14 nitrogen and oxygen atoms in total. The van der Waals surface area contributed by atoms with Crippen LogP contribution in [0.15, 0.2) is 0 Å². The molecular weight excluding hydrogens is 729 g/mol. The summed E-state index contributed by atoms with van der Waals surface area (Å²) in [4.78, 5) is 29.8. The Bertz CT molecular complexity index is 1180. The molecule has 0 saturated carbocycles. The predicted molar refractivity (Wildman–Crippen MR) is 203 cm³/mol. The molecule has 16 heteroatoms. The molecule has 0 spiro atoms. The third kappa shape index (κ3) is 11.1. The van der Waals surface area contributed by atoms with Gasteiger partial charge >= 0.3 is 5.97 Å². The summed E-state index contributed by atoms with van der Waals surface area (Å²) in [6.07, 6.45) is -9.71. The lowest BCUT2D eigenvalue weighted by molar-refractivity contribution is -0.318. The summed E-state index contributed by atoms with van der Waals surface area (Å²) in [5.41, 5.74) is -4.84. The quantitative estimate of drug-likeness (QED) is 0.181. The van der Waals surface area contributed by atoms with Gasteiger partial charge in [0.2, 0.25) is 0 Å². The van der Waals surface area contributed by atoms with E-state index in [1.54, 1.807) is 41.5 Å².